The number of hydrogen-bond acceptors (Lipinski definition) is 4. The highest BCUT2D eigenvalue weighted by Gasteiger charge is 2.03. The minimum Gasteiger partial charge on any atom is -0.308 e. The summed E-state index contributed by atoms with van der Waals surface area (Å²) in [6, 6.07) is 9.02. The van der Waals surface area contributed by atoms with Crippen molar-refractivity contribution in [2.45, 2.75) is 11.8 Å². The molecular formula is C15H16N4OS. The van der Waals surface area contributed by atoms with Crippen molar-refractivity contribution in [3.05, 3.63) is 47.8 Å². The van der Waals surface area contributed by atoms with Crippen LogP contribution in [0, 0.1) is 11.3 Å². The second-order valence-electron chi connectivity index (χ2n) is 3.98. The van der Waals surface area contributed by atoms with Crippen LogP contribution in [-0.4, -0.2) is 19.0 Å². The summed E-state index contributed by atoms with van der Waals surface area (Å²) in [6.07, 6.45) is 5.05. The fraction of sp³-hybridized carbons (Fsp3) is 0.133. The quantitative estimate of drug-likeness (QED) is 0.378. The summed E-state index contributed by atoms with van der Waals surface area (Å²) in [5.41, 5.74) is 1.18. The Bertz CT molecular complexity index is 612. The van der Waals surface area contributed by atoms with E-state index >= 15 is 0 Å². The summed E-state index contributed by atoms with van der Waals surface area (Å²) in [4.78, 5) is 16.6. The second-order valence-corrected chi connectivity index (χ2v) is 4.86. The third-order valence-corrected chi connectivity index (χ3v) is 3.17. The molecule has 2 N–H and O–H groups in total. The largest absolute Gasteiger partial charge is 0.324 e. The van der Waals surface area contributed by atoms with Crippen molar-refractivity contribution < 1.29 is 4.79 Å². The van der Waals surface area contributed by atoms with Gasteiger partial charge in [-0.05, 0) is 56.3 Å². The molecule has 0 saturated carbocycles. The molecule has 0 aliphatic rings. The van der Waals surface area contributed by atoms with Crippen molar-refractivity contribution in [1.82, 2.24) is 5.32 Å². The van der Waals surface area contributed by atoms with Crippen LogP contribution in [0.25, 0.3) is 0 Å². The van der Waals surface area contributed by atoms with Crippen LogP contribution in [0.5, 0.6) is 0 Å². The minimum atomic E-state index is -0.423. The van der Waals surface area contributed by atoms with Gasteiger partial charge in [0.05, 0.1) is 6.07 Å². The lowest BCUT2D eigenvalue weighted by Crippen LogP contribution is -2.27. The number of urea groups is 1. The number of nitrogens with zero attached hydrogens (tertiary/aromatic N) is 2. The van der Waals surface area contributed by atoms with E-state index < -0.39 is 6.03 Å². The van der Waals surface area contributed by atoms with E-state index in [0.717, 1.165) is 4.90 Å². The van der Waals surface area contributed by atoms with E-state index in [9.17, 15) is 4.79 Å². The van der Waals surface area contributed by atoms with Crippen molar-refractivity contribution in [2.24, 2.45) is 4.99 Å². The van der Waals surface area contributed by atoms with Gasteiger partial charge in [0.25, 0.3) is 0 Å². The number of rotatable bonds is 5. The average Bonchev–Trinajstić information content (AvgIpc) is 2.51. The first-order chi connectivity index (χ1) is 10.1. The van der Waals surface area contributed by atoms with E-state index in [1.807, 2.05) is 36.6 Å². The highest BCUT2D eigenvalue weighted by molar-refractivity contribution is 7.98. The van der Waals surface area contributed by atoms with E-state index in [2.05, 4.69) is 22.3 Å². The van der Waals surface area contributed by atoms with Gasteiger partial charge in [-0.3, -0.25) is 5.32 Å². The van der Waals surface area contributed by atoms with Crippen LogP contribution >= 0.6 is 11.8 Å². The first kappa shape index (κ1) is 16.5. The van der Waals surface area contributed by atoms with Gasteiger partial charge >= 0.3 is 6.03 Å². The van der Waals surface area contributed by atoms with Gasteiger partial charge in [0, 0.05) is 16.2 Å². The monoisotopic (exact) mass is 300 g/mol. The number of carbonyl (C=O) groups is 1. The first-order valence-electron chi connectivity index (χ1n) is 6.06. The maximum Gasteiger partial charge on any atom is 0.324 e. The summed E-state index contributed by atoms with van der Waals surface area (Å²) >= 11 is 1.63. The molecule has 1 aromatic carbocycles. The maximum absolute atomic E-state index is 11.8. The third kappa shape index (κ3) is 5.97. The van der Waals surface area contributed by atoms with Crippen molar-refractivity contribution in [3.8, 4) is 6.07 Å². The minimum absolute atomic E-state index is 0.267. The van der Waals surface area contributed by atoms with Gasteiger partial charge in [-0.25, -0.2) is 9.79 Å². The zero-order valence-electron chi connectivity index (χ0n) is 11.9. The Morgan fingerprint density at radius 3 is 2.57 bits per heavy atom. The second kappa shape index (κ2) is 8.61. The highest BCUT2D eigenvalue weighted by Crippen LogP contribution is 2.17. The van der Waals surface area contributed by atoms with Crippen LogP contribution in [0.1, 0.15) is 6.92 Å². The van der Waals surface area contributed by atoms with Crippen LogP contribution in [0.2, 0.25) is 0 Å². The Hall–Kier alpha value is -2.52. The van der Waals surface area contributed by atoms with Crippen molar-refractivity contribution in [3.63, 3.8) is 0 Å². The molecular weight excluding hydrogens is 284 g/mol. The Balaban J connectivity index is 2.66. The molecule has 0 aliphatic carbocycles. The molecule has 6 heteroatoms. The molecule has 1 rings (SSSR count). The molecule has 0 spiro atoms. The predicted octanol–water partition coefficient (Wildman–Crippen LogP) is 3.54. The number of nitrogens with one attached hydrogen (secondary N) is 2. The summed E-state index contributed by atoms with van der Waals surface area (Å²) in [6.45, 7) is 5.03. The molecule has 0 aromatic heterocycles. The topological polar surface area (TPSA) is 77.3 Å². The van der Waals surface area contributed by atoms with E-state index in [4.69, 9.17) is 5.26 Å². The molecule has 0 radical (unpaired) electrons. The number of hydrogen-bond donors (Lipinski definition) is 2. The number of benzene rings is 1. The number of anilines is 1. The maximum atomic E-state index is 11.8. The number of thioether (sulfide) groups is 1. The number of aliphatic imine (C=N–C) groups is 1. The normalized spacial score (nSPS) is 11.5. The SMILES string of the molecule is C=N/C(=C\C=C(/C)C#N)NC(=O)Nc1ccc(SC)cc1. The fourth-order valence-electron chi connectivity index (χ4n) is 1.33. The zero-order valence-corrected chi connectivity index (χ0v) is 12.7. The molecule has 0 fully saturated rings. The molecule has 0 aliphatic heterocycles. The molecule has 0 heterocycles. The van der Waals surface area contributed by atoms with E-state index in [-0.39, 0.29) is 5.82 Å². The molecule has 0 bridgehead atoms. The molecule has 108 valence electrons. The van der Waals surface area contributed by atoms with Gasteiger partial charge in [-0.15, -0.1) is 11.8 Å². The lowest BCUT2D eigenvalue weighted by molar-refractivity contribution is 0.254. The number of nitriles is 1. The molecule has 0 unspecified atom stereocenters. The molecule has 5 nitrogen and oxygen atoms in total. The average molecular weight is 300 g/mol. The van der Waals surface area contributed by atoms with E-state index in [0.29, 0.717) is 11.3 Å². The summed E-state index contributed by atoms with van der Waals surface area (Å²) in [7, 11) is 0. The van der Waals surface area contributed by atoms with Crippen molar-refractivity contribution >= 4 is 30.2 Å². The lowest BCUT2D eigenvalue weighted by Gasteiger charge is -2.07. The fourth-order valence-corrected chi connectivity index (χ4v) is 1.74. The zero-order chi connectivity index (χ0) is 15.7. The van der Waals surface area contributed by atoms with Crippen LogP contribution < -0.4 is 10.6 Å². The van der Waals surface area contributed by atoms with Gasteiger partial charge in [-0.1, -0.05) is 0 Å². The van der Waals surface area contributed by atoms with Crippen LogP contribution in [0.15, 0.2) is 57.7 Å². The highest BCUT2D eigenvalue weighted by atomic mass is 32.2. The van der Waals surface area contributed by atoms with Gasteiger partial charge in [0.1, 0.15) is 5.82 Å². The van der Waals surface area contributed by atoms with Gasteiger partial charge in [0.2, 0.25) is 0 Å². The Labute approximate surface area is 128 Å². The Morgan fingerprint density at radius 2 is 2.05 bits per heavy atom. The van der Waals surface area contributed by atoms with Gasteiger partial charge in [-0.2, -0.15) is 5.26 Å². The smallest absolute Gasteiger partial charge is 0.308 e. The van der Waals surface area contributed by atoms with Crippen LogP contribution in [0.3, 0.4) is 0 Å². The van der Waals surface area contributed by atoms with Crippen LogP contribution in [0.4, 0.5) is 10.5 Å². The Kier molecular flexibility index (Phi) is 6.78. The molecule has 1 aromatic rings. The van der Waals surface area contributed by atoms with Crippen molar-refractivity contribution in [1.29, 1.82) is 5.26 Å². The lowest BCUT2D eigenvalue weighted by atomic mass is 10.3. The number of allylic oxidation sites excluding steroid dienone is 3. The summed E-state index contributed by atoms with van der Waals surface area (Å²) in [5.74, 6) is 0.267. The first-order valence-corrected chi connectivity index (χ1v) is 7.29. The summed E-state index contributed by atoms with van der Waals surface area (Å²) < 4.78 is 0. The van der Waals surface area contributed by atoms with Gasteiger partial charge < -0.3 is 5.32 Å². The Morgan fingerprint density at radius 1 is 1.38 bits per heavy atom. The summed E-state index contributed by atoms with van der Waals surface area (Å²) in [5, 5.41) is 13.9. The number of amides is 2. The molecule has 0 atom stereocenters. The van der Waals surface area contributed by atoms with Gasteiger partial charge in [0.15, 0.2) is 0 Å². The van der Waals surface area contributed by atoms with Crippen molar-refractivity contribution in [2.75, 3.05) is 11.6 Å². The van der Waals surface area contributed by atoms with Crippen LogP contribution in [-0.2, 0) is 0 Å². The molecule has 0 saturated heterocycles. The predicted molar refractivity (Wildman–Crippen MR) is 87.4 cm³/mol. The molecule has 2 amide bonds. The molecule has 21 heavy (non-hydrogen) atoms. The number of carbonyl (C=O) groups excluding carboxylic acids is 1. The standard InChI is InChI=1S/C15H16N4OS/c1-11(10-16)4-9-14(17-2)19-15(20)18-12-5-7-13(21-3)8-6-12/h4-9H,2H2,1,3H3,(H2,18,19,20)/b11-4+,14-9+. The van der Waals surface area contributed by atoms with E-state index in [1.54, 1.807) is 24.8 Å². The third-order valence-electron chi connectivity index (χ3n) is 2.43. The van der Waals surface area contributed by atoms with E-state index in [1.165, 1.54) is 6.08 Å².